The lowest BCUT2D eigenvalue weighted by Gasteiger charge is -2.09. The highest BCUT2D eigenvalue weighted by Gasteiger charge is 2.21. The van der Waals surface area contributed by atoms with Crippen LogP contribution in [0.5, 0.6) is 0 Å². The molecule has 1 N–H and O–H groups in total. The summed E-state index contributed by atoms with van der Waals surface area (Å²) in [5.41, 5.74) is 1.16. The molecule has 1 aromatic rings. The smallest absolute Gasteiger partial charge is 0.118 e. The van der Waals surface area contributed by atoms with E-state index in [0.717, 1.165) is 43.1 Å². The van der Waals surface area contributed by atoms with Gasteiger partial charge in [-0.05, 0) is 38.7 Å². The van der Waals surface area contributed by atoms with E-state index in [2.05, 4.69) is 11.4 Å². The summed E-state index contributed by atoms with van der Waals surface area (Å²) in [6, 6.07) is 2.82. The van der Waals surface area contributed by atoms with Gasteiger partial charge in [0.15, 0.2) is 0 Å². The Morgan fingerprint density at radius 2 is 2.26 bits per heavy atom. The van der Waals surface area contributed by atoms with Crippen LogP contribution >= 0.6 is 0 Å². The van der Waals surface area contributed by atoms with Crippen molar-refractivity contribution in [1.29, 1.82) is 0 Å². The van der Waals surface area contributed by atoms with Gasteiger partial charge in [-0.25, -0.2) is 0 Å². The summed E-state index contributed by atoms with van der Waals surface area (Å²) in [4.78, 5) is 0. The van der Waals surface area contributed by atoms with Gasteiger partial charge in [-0.2, -0.15) is 0 Å². The average Bonchev–Trinajstić information content (AvgIpc) is 2.96. The Bertz CT molecular complexity index is 406. The Morgan fingerprint density at radius 1 is 1.37 bits per heavy atom. The SMILES string of the molecule is Cc1oc(CNC2CC2)cc1COCC1CCCO1. The molecule has 1 saturated carbocycles. The van der Waals surface area contributed by atoms with E-state index in [4.69, 9.17) is 13.9 Å². The minimum absolute atomic E-state index is 0.295. The summed E-state index contributed by atoms with van der Waals surface area (Å²) in [5.74, 6) is 1.99. The van der Waals surface area contributed by atoms with Crippen LogP contribution in [-0.2, 0) is 22.6 Å². The number of rotatable bonds is 7. The molecular formula is C15H23NO3. The topological polar surface area (TPSA) is 43.6 Å². The van der Waals surface area contributed by atoms with Gasteiger partial charge in [-0.15, -0.1) is 0 Å². The minimum Gasteiger partial charge on any atom is -0.465 e. The van der Waals surface area contributed by atoms with Crippen molar-refractivity contribution >= 4 is 0 Å². The molecule has 1 atom stereocenters. The zero-order valence-electron chi connectivity index (χ0n) is 11.6. The Balaban J connectivity index is 1.43. The second-order valence-corrected chi connectivity index (χ2v) is 5.60. The number of aryl methyl sites for hydroxylation is 1. The maximum Gasteiger partial charge on any atom is 0.118 e. The first-order chi connectivity index (χ1) is 9.31. The van der Waals surface area contributed by atoms with E-state index in [9.17, 15) is 0 Å². The standard InChI is InChI=1S/C15H23NO3/c1-11-12(9-17-10-14-3-2-6-18-14)7-15(19-11)8-16-13-4-5-13/h7,13-14,16H,2-6,8-10H2,1H3. The minimum atomic E-state index is 0.295. The molecule has 1 aliphatic heterocycles. The predicted octanol–water partition coefficient (Wildman–Crippen LogP) is 2.54. The molecule has 1 unspecified atom stereocenters. The van der Waals surface area contributed by atoms with Gasteiger partial charge in [0.25, 0.3) is 0 Å². The quantitative estimate of drug-likeness (QED) is 0.823. The Labute approximate surface area is 114 Å². The third-order valence-corrected chi connectivity index (χ3v) is 3.80. The molecule has 2 heterocycles. The molecule has 0 aromatic carbocycles. The number of furan rings is 1. The van der Waals surface area contributed by atoms with Gasteiger partial charge in [-0.1, -0.05) is 0 Å². The van der Waals surface area contributed by atoms with Gasteiger partial charge in [0, 0.05) is 18.2 Å². The molecule has 1 aromatic heterocycles. The zero-order valence-corrected chi connectivity index (χ0v) is 11.6. The zero-order chi connectivity index (χ0) is 13.1. The van der Waals surface area contributed by atoms with Crippen LogP contribution in [-0.4, -0.2) is 25.4 Å². The van der Waals surface area contributed by atoms with Crippen LogP contribution < -0.4 is 5.32 Å². The second-order valence-electron chi connectivity index (χ2n) is 5.60. The lowest BCUT2D eigenvalue weighted by molar-refractivity contribution is 0.0103. The molecule has 0 bridgehead atoms. The fourth-order valence-corrected chi connectivity index (χ4v) is 2.43. The van der Waals surface area contributed by atoms with E-state index in [1.54, 1.807) is 0 Å². The summed E-state index contributed by atoms with van der Waals surface area (Å²) in [7, 11) is 0. The van der Waals surface area contributed by atoms with E-state index in [0.29, 0.717) is 25.4 Å². The molecule has 1 aliphatic carbocycles. The van der Waals surface area contributed by atoms with E-state index in [1.165, 1.54) is 12.8 Å². The largest absolute Gasteiger partial charge is 0.465 e. The second kappa shape index (κ2) is 6.07. The first-order valence-corrected chi connectivity index (χ1v) is 7.32. The van der Waals surface area contributed by atoms with Gasteiger partial charge in [0.2, 0.25) is 0 Å². The highest BCUT2D eigenvalue weighted by Crippen LogP contribution is 2.21. The monoisotopic (exact) mass is 265 g/mol. The van der Waals surface area contributed by atoms with Crippen molar-refractivity contribution in [1.82, 2.24) is 5.32 Å². The fourth-order valence-electron chi connectivity index (χ4n) is 2.43. The molecule has 19 heavy (non-hydrogen) atoms. The van der Waals surface area contributed by atoms with Gasteiger partial charge < -0.3 is 19.2 Å². The maximum atomic E-state index is 5.74. The maximum absolute atomic E-state index is 5.74. The summed E-state index contributed by atoms with van der Waals surface area (Å²) in [6.45, 7) is 5.04. The van der Waals surface area contributed by atoms with Crippen molar-refractivity contribution in [3.63, 3.8) is 0 Å². The molecule has 0 radical (unpaired) electrons. The van der Waals surface area contributed by atoms with Crippen molar-refractivity contribution in [3.8, 4) is 0 Å². The highest BCUT2D eigenvalue weighted by atomic mass is 16.5. The third kappa shape index (κ3) is 3.81. The van der Waals surface area contributed by atoms with Crippen LogP contribution in [0.2, 0.25) is 0 Å². The normalized spacial score (nSPS) is 23.1. The van der Waals surface area contributed by atoms with Crippen molar-refractivity contribution in [2.45, 2.75) is 57.9 Å². The molecule has 1 saturated heterocycles. The van der Waals surface area contributed by atoms with E-state index in [1.807, 2.05) is 6.92 Å². The Morgan fingerprint density at radius 3 is 3.00 bits per heavy atom. The van der Waals surface area contributed by atoms with Crippen molar-refractivity contribution in [3.05, 3.63) is 23.2 Å². The molecule has 4 nitrogen and oxygen atoms in total. The van der Waals surface area contributed by atoms with Crippen molar-refractivity contribution in [2.24, 2.45) is 0 Å². The number of nitrogens with one attached hydrogen (secondary N) is 1. The summed E-state index contributed by atoms with van der Waals surface area (Å²) in [5, 5.41) is 3.46. The summed E-state index contributed by atoms with van der Waals surface area (Å²) in [6.07, 6.45) is 5.19. The Kier molecular flexibility index (Phi) is 4.21. The lowest BCUT2D eigenvalue weighted by Crippen LogP contribution is -2.14. The Hall–Kier alpha value is -0.840. The molecule has 4 heteroatoms. The van der Waals surface area contributed by atoms with Crippen LogP contribution in [0.4, 0.5) is 0 Å². The molecule has 3 rings (SSSR count). The lowest BCUT2D eigenvalue weighted by atomic mass is 10.2. The molecule has 2 fully saturated rings. The third-order valence-electron chi connectivity index (χ3n) is 3.80. The highest BCUT2D eigenvalue weighted by molar-refractivity contribution is 5.20. The van der Waals surface area contributed by atoms with Gasteiger partial charge in [0.1, 0.15) is 11.5 Å². The van der Waals surface area contributed by atoms with Crippen molar-refractivity contribution in [2.75, 3.05) is 13.2 Å². The van der Waals surface area contributed by atoms with Crippen LogP contribution in [0.15, 0.2) is 10.5 Å². The first kappa shape index (κ1) is 13.2. The fraction of sp³-hybridized carbons (Fsp3) is 0.733. The van der Waals surface area contributed by atoms with E-state index in [-0.39, 0.29) is 0 Å². The van der Waals surface area contributed by atoms with Crippen LogP contribution in [0.25, 0.3) is 0 Å². The van der Waals surface area contributed by atoms with Crippen LogP contribution in [0.1, 0.15) is 42.8 Å². The number of hydrogen-bond acceptors (Lipinski definition) is 4. The predicted molar refractivity (Wildman–Crippen MR) is 71.9 cm³/mol. The first-order valence-electron chi connectivity index (χ1n) is 7.32. The molecular weight excluding hydrogens is 242 g/mol. The number of ether oxygens (including phenoxy) is 2. The summed E-state index contributed by atoms with van der Waals surface area (Å²) >= 11 is 0. The molecule has 0 spiro atoms. The molecule has 2 aliphatic rings. The molecule has 106 valence electrons. The van der Waals surface area contributed by atoms with Crippen LogP contribution in [0, 0.1) is 6.92 Å². The van der Waals surface area contributed by atoms with E-state index >= 15 is 0 Å². The van der Waals surface area contributed by atoms with Gasteiger partial charge in [-0.3, -0.25) is 0 Å². The van der Waals surface area contributed by atoms with E-state index < -0.39 is 0 Å². The van der Waals surface area contributed by atoms with Gasteiger partial charge >= 0.3 is 0 Å². The number of hydrogen-bond donors (Lipinski definition) is 1. The average molecular weight is 265 g/mol. The summed E-state index contributed by atoms with van der Waals surface area (Å²) < 4.78 is 17.0. The van der Waals surface area contributed by atoms with Gasteiger partial charge in [0.05, 0.1) is 25.9 Å². The van der Waals surface area contributed by atoms with Crippen LogP contribution in [0.3, 0.4) is 0 Å². The molecule has 0 amide bonds. The van der Waals surface area contributed by atoms with Crippen molar-refractivity contribution < 1.29 is 13.9 Å².